The summed E-state index contributed by atoms with van der Waals surface area (Å²) in [5.74, 6) is -1.41. The largest absolute Gasteiger partial charge is 0.479 e. The number of carbonyl (C=O) groups is 1. The van der Waals surface area contributed by atoms with Crippen LogP contribution in [0.1, 0.15) is 28.4 Å². The van der Waals surface area contributed by atoms with E-state index < -0.39 is 11.6 Å². The van der Waals surface area contributed by atoms with Crippen LogP contribution in [0.4, 0.5) is 4.39 Å². The van der Waals surface area contributed by atoms with Crippen molar-refractivity contribution in [3.05, 3.63) is 15.6 Å². The van der Waals surface area contributed by atoms with Gasteiger partial charge in [-0.15, -0.1) is 11.3 Å². The van der Waals surface area contributed by atoms with Crippen molar-refractivity contribution < 1.29 is 14.3 Å². The van der Waals surface area contributed by atoms with Crippen molar-refractivity contribution in [3.63, 3.8) is 0 Å². The van der Waals surface area contributed by atoms with Gasteiger partial charge in [-0.1, -0.05) is 0 Å². The summed E-state index contributed by atoms with van der Waals surface area (Å²) in [4.78, 5) is 15.6. The summed E-state index contributed by atoms with van der Waals surface area (Å²) in [6, 6.07) is 0. The summed E-state index contributed by atoms with van der Waals surface area (Å²) < 4.78 is 14.0. The van der Waals surface area contributed by atoms with Gasteiger partial charge in [-0.3, -0.25) is 0 Å². The van der Waals surface area contributed by atoms with Crippen LogP contribution in [0.2, 0.25) is 0 Å². The van der Waals surface area contributed by atoms with Gasteiger partial charge in [0.1, 0.15) is 5.69 Å². The molecule has 1 aromatic heterocycles. The molecule has 1 heterocycles. The quantitative estimate of drug-likeness (QED) is 0.779. The van der Waals surface area contributed by atoms with E-state index in [0.29, 0.717) is 6.42 Å². The van der Waals surface area contributed by atoms with Gasteiger partial charge in [0.2, 0.25) is 5.67 Å². The monoisotopic (exact) mass is 215 g/mol. The maximum absolute atomic E-state index is 14.0. The highest BCUT2D eigenvalue weighted by molar-refractivity contribution is 7.11. The molecule has 5 heteroatoms. The number of rotatable bonds is 1. The Morgan fingerprint density at radius 3 is 3.07 bits per heavy atom. The fourth-order valence-corrected chi connectivity index (χ4v) is 2.81. The molecule has 14 heavy (non-hydrogen) atoms. The third-order valence-electron chi connectivity index (χ3n) is 2.44. The van der Waals surface area contributed by atoms with Gasteiger partial charge in [-0.2, -0.15) is 0 Å². The van der Waals surface area contributed by atoms with Crippen LogP contribution in [0.5, 0.6) is 0 Å². The Labute approximate surface area is 84.6 Å². The first-order chi connectivity index (χ1) is 6.54. The number of alkyl halides is 1. The van der Waals surface area contributed by atoms with E-state index in [9.17, 15) is 9.18 Å². The number of fused-ring (bicyclic) bond motifs is 1. The van der Waals surface area contributed by atoms with Crippen LogP contribution < -0.4 is 0 Å². The molecule has 1 aliphatic rings. The first kappa shape index (κ1) is 9.58. The second-order valence-electron chi connectivity index (χ2n) is 3.46. The Morgan fingerprint density at radius 2 is 2.43 bits per heavy atom. The van der Waals surface area contributed by atoms with Crippen LogP contribution in [0.15, 0.2) is 0 Å². The fraction of sp³-hybridized carbons (Fsp3) is 0.556. The van der Waals surface area contributed by atoms with E-state index in [1.165, 1.54) is 11.3 Å². The number of aromatic nitrogens is 1. The number of hydrogen-bond acceptors (Lipinski definition) is 3. The Kier molecular flexibility index (Phi) is 2.06. The highest BCUT2D eigenvalue weighted by atomic mass is 32.1. The molecule has 1 atom stereocenters. The van der Waals surface area contributed by atoms with Crippen molar-refractivity contribution in [2.75, 3.05) is 0 Å². The second-order valence-corrected chi connectivity index (χ2v) is 4.75. The van der Waals surface area contributed by atoms with Gasteiger partial charge < -0.3 is 5.11 Å². The van der Waals surface area contributed by atoms with Crippen molar-refractivity contribution in [1.82, 2.24) is 4.98 Å². The van der Waals surface area contributed by atoms with Crippen LogP contribution in [0.3, 0.4) is 0 Å². The molecule has 0 bridgehead atoms. The Bertz CT molecular complexity index is 390. The van der Waals surface area contributed by atoms with Crippen LogP contribution in [0.25, 0.3) is 0 Å². The predicted molar refractivity (Wildman–Crippen MR) is 50.2 cm³/mol. The van der Waals surface area contributed by atoms with Crippen molar-refractivity contribution in [3.8, 4) is 0 Å². The molecular formula is C9H10FNO2S. The van der Waals surface area contributed by atoms with E-state index in [-0.39, 0.29) is 12.1 Å². The SMILES string of the molecule is Cc1nc2c(s1)CCCC2(F)C(=O)O. The fourth-order valence-electron chi connectivity index (χ4n) is 1.77. The first-order valence-corrected chi connectivity index (χ1v) is 5.25. The van der Waals surface area contributed by atoms with Crippen molar-refractivity contribution in [2.24, 2.45) is 0 Å². The van der Waals surface area contributed by atoms with E-state index in [0.717, 1.165) is 16.3 Å². The van der Waals surface area contributed by atoms with E-state index in [4.69, 9.17) is 5.11 Å². The average molecular weight is 215 g/mol. The molecule has 0 radical (unpaired) electrons. The van der Waals surface area contributed by atoms with Gasteiger partial charge in [-0.05, 0) is 26.2 Å². The molecule has 76 valence electrons. The molecule has 1 aromatic rings. The minimum absolute atomic E-state index is 0.0402. The molecule has 0 saturated heterocycles. The lowest BCUT2D eigenvalue weighted by atomic mass is 9.88. The summed E-state index contributed by atoms with van der Waals surface area (Å²) in [5.41, 5.74) is -2.11. The number of aryl methyl sites for hydroxylation is 2. The molecule has 3 nitrogen and oxygen atoms in total. The summed E-state index contributed by atoms with van der Waals surface area (Å²) in [6.07, 6.45) is 1.37. The molecule has 1 unspecified atom stereocenters. The van der Waals surface area contributed by atoms with Crippen LogP contribution in [-0.4, -0.2) is 16.1 Å². The second kappa shape index (κ2) is 3.02. The van der Waals surface area contributed by atoms with Crippen LogP contribution in [-0.2, 0) is 16.9 Å². The molecule has 0 saturated carbocycles. The number of carboxylic acids is 1. The molecular weight excluding hydrogens is 205 g/mol. The molecule has 0 spiro atoms. The average Bonchev–Trinajstić information content (AvgIpc) is 2.47. The highest BCUT2D eigenvalue weighted by Crippen LogP contribution is 2.40. The standard InChI is InChI=1S/C9H10FNO2S/c1-5-11-7-6(14-5)3-2-4-9(7,10)8(12)13/h2-4H2,1H3,(H,12,13). The Morgan fingerprint density at radius 1 is 1.71 bits per heavy atom. The predicted octanol–water partition coefficient (Wildman–Crippen LogP) is 2.04. The van der Waals surface area contributed by atoms with Gasteiger partial charge in [0.15, 0.2) is 0 Å². The lowest BCUT2D eigenvalue weighted by Gasteiger charge is -2.23. The molecule has 2 rings (SSSR count). The third-order valence-corrected chi connectivity index (χ3v) is 3.47. The molecule has 1 N–H and O–H groups in total. The van der Waals surface area contributed by atoms with Crippen LogP contribution in [0, 0.1) is 6.92 Å². The molecule has 1 aliphatic carbocycles. The summed E-state index contributed by atoms with van der Waals surface area (Å²) >= 11 is 1.40. The topological polar surface area (TPSA) is 50.2 Å². The number of aliphatic carboxylic acids is 1. The maximum Gasteiger partial charge on any atom is 0.347 e. The smallest absolute Gasteiger partial charge is 0.347 e. The number of thiazole rings is 1. The molecule has 0 amide bonds. The van der Waals surface area contributed by atoms with Gasteiger partial charge in [0.05, 0.1) is 5.01 Å². The number of hydrogen-bond donors (Lipinski definition) is 1. The minimum Gasteiger partial charge on any atom is -0.479 e. The van der Waals surface area contributed by atoms with Gasteiger partial charge in [-0.25, -0.2) is 14.2 Å². The first-order valence-electron chi connectivity index (χ1n) is 4.43. The zero-order valence-corrected chi connectivity index (χ0v) is 8.53. The van der Waals surface area contributed by atoms with Crippen LogP contribution >= 0.6 is 11.3 Å². The number of nitrogens with zero attached hydrogens (tertiary/aromatic N) is 1. The summed E-state index contributed by atoms with van der Waals surface area (Å²) in [5, 5.41) is 9.58. The van der Waals surface area contributed by atoms with E-state index in [2.05, 4.69) is 4.98 Å². The number of halogens is 1. The van der Waals surface area contributed by atoms with Gasteiger partial charge in [0.25, 0.3) is 0 Å². The maximum atomic E-state index is 14.0. The summed E-state index contributed by atoms with van der Waals surface area (Å²) in [6.45, 7) is 1.77. The van der Waals surface area contributed by atoms with Crippen molar-refractivity contribution >= 4 is 17.3 Å². The Balaban J connectivity index is 2.54. The lowest BCUT2D eigenvalue weighted by Crippen LogP contribution is -2.34. The summed E-state index contributed by atoms with van der Waals surface area (Å²) in [7, 11) is 0. The van der Waals surface area contributed by atoms with Crippen molar-refractivity contribution in [2.45, 2.75) is 31.9 Å². The van der Waals surface area contributed by atoms with E-state index in [1.54, 1.807) is 6.92 Å². The highest BCUT2D eigenvalue weighted by Gasteiger charge is 2.46. The van der Waals surface area contributed by atoms with E-state index in [1.807, 2.05) is 0 Å². The van der Waals surface area contributed by atoms with E-state index >= 15 is 0 Å². The normalized spacial score (nSPS) is 25.9. The molecule has 0 fully saturated rings. The Hall–Kier alpha value is -0.970. The van der Waals surface area contributed by atoms with Gasteiger partial charge >= 0.3 is 5.97 Å². The zero-order chi connectivity index (χ0) is 10.3. The lowest BCUT2D eigenvalue weighted by molar-refractivity contribution is -0.153. The zero-order valence-electron chi connectivity index (χ0n) is 7.71. The van der Waals surface area contributed by atoms with Gasteiger partial charge in [0, 0.05) is 4.88 Å². The minimum atomic E-state index is -2.25. The molecule has 0 aromatic carbocycles. The third kappa shape index (κ3) is 1.23. The number of carboxylic acid groups (broad SMARTS) is 1. The van der Waals surface area contributed by atoms with Crippen molar-refractivity contribution in [1.29, 1.82) is 0 Å². The molecule has 0 aliphatic heterocycles.